The number of aryl methyl sites for hydroxylation is 1. The van der Waals surface area contributed by atoms with Gasteiger partial charge in [-0.05, 0) is 24.5 Å². The van der Waals surface area contributed by atoms with E-state index >= 15 is 0 Å². The maximum atomic E-state index is 4.39. The highest BCUT2D eigenvalue weighted by atomic mass is 32.2. The van der Waals surface area contributed by atoms with Gasteiger partial charge in [-0.1, -0.05) is 31.5 Å². The van der Waals surface area contributed by atoms with Crippen molar-refractivity contribution in [3.05, 3.63) is 5.82 Å². The largest absolute Gasteiger partial charge is 0.306 e. The Labute approximate surface area is 113 Å². The lowest BCUT2D eigenvalue weighted by Crippen LogP contribution is -2.07. The fourth-order valence-electron chi connectivity index (χ4n) is 2.06. The van der Waals surface area contributed by atoms with E-state index in [4.69, 9.17) is 0 Å². The van der Waals surface area contributed by atoms with Crippen LogP contribution in [0.25, 0.3) is 0 Å². The van der Waals surface area contributed by atoms with Crippen molar-refractivity contribution in [1.29, 1.82) is 0 Å². The lowest BCUT2D eigenvalue weighted by Gasteiger charge is -2.11. The maximum absolute atomic E-state index is 4.39. The van der Waals surface area contributed by atoms with E-state index in [0.29, 0.717) is 5.92 Å². The standard InChI is InChI=1S/C12H21N3S2/c1-2-10(8-16)9-17-12-14-13-11-6-4-3-5-7-15(11)12/h10,16H,2-9H2,1H3. The Kier molecular flexibility index (Phi) is 5.22. The molecule has 0 radical (unpaired) electrons. The van der Waals surface area contributed by atoms with E-state index in [9.17, 15) is 0 Å². The van der Waals surface area contributed by atoms with Gasteiger partial charge >= 0.3 is 0 Å². The van der Waals surface area contributed by atoms with Crippen LogP contribution in [0.5, 0.6) is 0 Å². The van der Waals surface area contributed by atoms with E-state index < -0.39 is 0 Å². The molecule has 1 aromatic heterocycles. The molecule has 1 unspecified atom stereocenters. The fourth-order valence-corrected chi connectivity index (χ4v) is 3.81. The van der Waals surface area contributed by atoms with Gasteiger partial charge in [-0.2, -0.15) is 12.6 Å². The van der Waals surface area contributed by atoms with Crippen LogP contribution in [0, 0.1) is 5.92 Å². The van der Waals surface area contributed by atoms with Gasteiger partial charge in [0.05, 0.1) is 0 Å². The van der Waals surface area contributed by atoms with Crippen LogP contribution in [0.4, 0.5) is 0 Å². The zero-order chi connectivity index (χ0) is 12.1. The fraction of sp³-hybridized carbons (Fsp3) is 0.833. The molecule has 1 aliphatic rings. The van der Waals surface area contributed by atoms with Gasteiger partial charge in [-0.15, -0.1) is 10.2 Å². The minimum atomic E-state index is 0.682. The molecule has 0 amide bonds. The van der Waals surface area contributed by atoms with E-state index in [1.807, 2.05) is 11.8 Å². The Hall–Kier alpha value is -0.160. The Morgan fingerprint density at radius 2 is 2.24 bits per heavy atom. The summed E-state index contributed by atoms with van der Waals surface area (Å²) in [5.41, 5.74) is 0. The molecule has 5 heteroatoms. The molecule has 0 N–H and O–H groups in total. The summed E-state index contributed by atoms with van der Waals surface area (Å²) in [7, 11) is 0. The Balaban J connectivity index is 1.99. The number of nitrogens with zero attached hydrogens (tertiary/aromatic N) is 3. The van der Waals surface area contributed by atoms with Crippen LogP contribution in [0.2, 0.25) is 0 Å². The molecular weight excluding hydrogens is 250 g/mol. The van der Waals surface area contributed by atoms with Crippen molar-refractivity contribution in [1.82, 2.24) is 14.8 Å². The zero-order valence-corrected chi connectivity index (χ0v) is 12.1. The lowest BCUT2D eigenvalue weighted by atomic mass is 10.2. The quantitative estimate of drug-likeness (QED) is 0.659. The highest BCUT2D eigenvalue weighted by Gasteiger charge is 2.15. The predicted molar refractivity (Wildman–Crippen MR) is 75.9 cm³/mol. The van der Waals surface area contributed by atoms with Gasteiger partial charge in [0.15, 0.2) is 5.16 Å². The second kappa shape index (κ2) is 6.69. The SMILES string of the molecule is CCC(CS)CSc1nnc2n1CCCCC2. The number of rotatable bonds is 5. The third kappa shape index (κ3) is 3.41. The third-order valence-electron chi connectivity index (χ3n) is 3.36. The van der Waals surface area contributed by atoms with Crippen LogP contribution in [-0.4, -0.2) is 26.3 Å². The monoisotopic (exact) mass is 271 g/mol. The number of thioether (sulfide) groups is 1. The Bertz CT molecular complexity index is 348. The van der Waals surface area contributed by atoms with Crippen molar-refractivity contribution < 1.29 is 0 Å². The highest BCUT2D eigenvalue weighted by molar-refractivity contribution is 7.99. The van der Waals surface area contributed by atoms with Gasteiger partial charge in [0.1, 0.15) is 5.82 Å². The summed E-state index contributed by atoms with van der Waals surface area (Å²) >= 11 is 6.24. The third-order valence-corrected chi connectivity index (χ3v) is 5.07. The summed E-state index contributed by atoms with van der Waals surface area (Å²) in [5, 5.41) is 9.76. The minimum absolute atomic E-state index is 0.682. The van der Waals surface area contributed by atoms with Crippen LogP contribution < -0.4 is 0 Å². The van der Waals surface area contributed by atoms with Crippen molar-refractivity contribution in [2.24, 2.45) is 5.92 Å². The zero-order valence-electron chi connectivity index (χ0n) is 10.4. The van der Waals surface area contributed by atoms with Crippen molar-refractivity contribution in [2.75, 3.05) is 11.5 Å². The number of thiol groups is 1. The van der Waals surface area contributed by atoms with Crippen molar-refractivity contribution >= 4 is 24.4 Å². The number of fused-ring (bicyclic) bond motifs is 1. The average molecular weight is 271 g/mol. The molecule has 1 aromatic rings. The average Bonchev–Trinajstić information content (AvgIpc) is 2.60. The second-order valence-corrected chi connectivity index (χ2v) is 5.98. The van der Waals surface area contributed by atoms with Gasteiger partial charge in [-0.3, -0.25) is 0 Å². The van der Waals surface area contributed by atoms with E-state index in [2.05, 4.69) is 34.3 Å². The number of aromatic nitrogens is 3. The molecule has 0 bridgehead atoms. The smallest absolute Gasteiger partial charge is 0.191 e. The molecule has 17 heavy (non-hydrogen) atoms. The first-order valence-electron chi connectivity index (χ1n) is 6.51. The molecule has 0 fully saturated rings. The maximum Gasteiger partial charge on any atom is 0.191 e. The molecular formula is C12H21N3S2. The lowest BCUT2D eigenvalue weighted by molar-refractivity contribution is 0.588. The molecule has 2 heterocycles. The van der Waals surface area contributed by atoms with Crippen LogP contribution in [0.1, 0.15) is 38.4 Å². The first-order valence-corrected chi connectivity index (χ1v) is 8.12. The van der Waals surface area contributed by atoms with E-state index in [1.54, 1.807) is 0 Å². The molecule has 1 atom stereocenters. The Morgan fingerprint density at radius 3 is 3.00 bits per heavy atom. The summed E-state index contributed by atoms with van der Waals surface area (Å²) in [4.78, 5) is 0. The van der Waals surface area contributed by atoms with E-state index in [-0.39, 0.29) is 0 Å². The van der Waals surface area contributed by atoms with Crippen LogP contribution in [-0.2, 0) is 13.0 Å². The van der Waals surface area contributed by atoms with Gasteiger partial charge in [0.2, 0.25) is 0 Å². The molecule has 0 aliphatic carbocycles. The highest BCUT2D eigenvalue weighted by Crippen LogP contribution is 2.24. The Morgan fingerprint density at radius 1 is 1.35 bits per heavy atom. The van der Waals surface area contributed by atoms with Crippen LogP contribution in [0.3, 0.4) is 0 Å². The van der Waals surface area contributed by atoms with Crippen molar-refractivity contribution in [3.8, 4) is 0 Å². The van der Waals surface area contributed by atoms with E-state index in [1.165, 1.54) is 31.5 Å². The molecule has 3 nitrogen and oxygen atoms in total. The summed E-state index contributed by atoms with van der Waals surface area (Å²) < 4.78 is 2.32. The minimum Gasteiger partial charge on any atom is -0.306 e. The van der Waals surface area contributed by atoms with Gasteiger partial charge in [0, 0.05) is 18.7 Å². The molecule has 0 spiro atoms. The molecule has 0 saturated heterocycles. The molecule has 0 aromatic carbocycles. The van der Waals surface area contributed by atoms with E-state index in [0.717, 1.165) is 29.6 Å². The predicted octanol–water partition coefficient (Wildman–Crippen LogP) is 3.05. The summed E-state index contributed by atoms with van der Waals surface area (Å²) in [6, 6.07) is 0. The first-order chi connectivity index (χ1) is 8.35. The van der Waals surface area contributed by atoms with Gasteiger partial charge < -0.3 is 4.57 Å². The second-order valence-electron chi connectivity index (χ2n) is 4.63. The summed E-state index contributed by atoms with van der Waals surface area (Å²) in [5.74, 6) is 3.94. The van der Waals surface area contributed by atoms with Crippen LogP contribution >= 0.6 is 24.4 Å². The number of hydrogen-bond acceptors (Lipinski definition) is 4. The number of hydrogen-bond donors (Lipinski definition) is 1. The summed E-state index contributed by atoms with van der Waals surface area (Å²) in [6.45, 7) is 3.33. The van der Waals surface area contributed by atoms with Gasteiger partial charge in [-0.25, -0.2) is 0 Å². The molecule has 2 rings (SSSR count). The topological polar surface area (TPSA) is 30.7 Å². The van der Waals surface area contributed by atoms with Crippen LogP contribution in [0.15, 0.2) is 5.16 Å². The molecule has 0 saturated carbocycles. The molecule has 1 aliphatic heterocycles. The van der Waals surface area contributed by atoms with Crippen molar-refractivity contribution in [2.45, 2.75) is 50.7 Å². The normalized spacial score (nSPS) is 17.5. The summed E-state index contributed by atoms with van der Waals surface area (Å²) in [6.07, 6.45) is 6.13. The molecule has 96 valence electrons. The first kappa shape index (κ1) is 13.3. The van der Waals surface area contributed by atoms with Crippen molar-refractivity contribution in [3.63, 3.8) is 0 Å². The van der Waals surface area contributed by atoms with Gasteiger partial charge in [0.25, 0.3) is 0 Å².